The SMILES string of the molecule is Cl.O=C(C#Cc1cccc(C(F)(F)F)c1)N1CCN(c2nccs2)CC1. The number of alkyl halides is 3. The quantitative estimate of drug-likeness (QED) is 0.688. The van der Waals surface area contributed by atoms with Crippen LogP contribution < -0.4 is 4.90 Å². The number of carbonyl (C=O) groups is 1. The molecule has 1 fully saturated rings. The first-order valence-electron chi connectivity index (χ1n) is 7.56. The number of thiazole rings is 1. The van der Waals surface area contributed by atoms with E-state index in [1.807, 2.05) is 5.38 Å². The summed E-state index contributed by atoms with van der Waals surface area (Å²) < 4.78 is 38.0. The van der Waals surface area contributed by atoms with Crippen LogP contribution >= 0.6 is 23.7 Å². The van der Waals surface area contributed by atoms with Crippen molar-refractivity contribution in [1.29, 1.82) is 0 Å². The molecule has 0 unspecified atom stereocenters. The number of hydrogen-bond donors (Lipinski definition) is 0. The Kier molecular flexibility index (Phi) is 6.51. The summed E-state index contributed by atoms with van der Waals surface area (Å²) in [4.78, 5) is 20.1. The lowest BCUT2D eigenvalue weighted by molar-refractivity contribution is -0.137. The van der Waals surface area contributed by atoms with Crippen molar-refractivity contribution in [2.75, 3.05) is 31.1 Å². The van der Waals surface area contributed by atoms with Gasteiger partial charge in [0.1, 0.15) is 0 Å². The van der Waals surface area contributed by atoms with E-state index in [4.69, 9.17) is 0 Å². The summed E-state index contributed by atoms with van der Waals surface area (Å²) in [5.74, 6) is 4.58. The van der Waals surface area contributed by atoms with Gasteiger partial charge in [-0.05, 0) is 18.2 Å². The number of carbonyl (C=O) groups excluding carboxylic acids is 1. The Balaban J connectivity index is 0.00000243. The molecule has 1 amide bonds. The summed E-state index contributed by atoms with van der Waals surface area (Å²) in [6, 6.07) is 4.66. The minimum atomic E-state index is -4.42. The van der Waals surface area contributed by atoms with E-state index in [9.17, 15) is 18.0 Å². The van der Waals surface area contributed by atoms with E-state index < -0.39 is 11.7 Å². The first-order chi connectivity index (χ1) is 11.9. The maximum Gasteiger partial charge on any atom is 0.416 e. The van der Waals surface area contributed by atoms with Gasteiger partial charge in [-0.3, -0.25) is 4.79 Å². The molecule has 0 saturated carbocycles. The third-order valence-electron chi connectivity index (χ3n) is 3.76. The topological polar surface area (TPSA) is 36.4 Å². The predicted molar refractivity (Wildman–Crippen MR) is 96.5 cm³/mol. The molecule has 0 radical (unpaired) electrons. The second-order valence-corrected chi connectivity index (χ2v) is 6.30. The molecule has 138 valence electrons. The molecule has 4 nitrogen and oxygen atoms in total. The molecule has 0 aliphatic carbocycles. The molecular weight excluding hydrogens is 387 g/mol. The van der Waals surface area contributed by atoms with Crippen LogP contribution in [0.2, 0.25) is 0 Å². The highest BCUT2D eigenvalue weighted by Gasteiger charge is 2.30. The number of piperazine rings is 1. The molecule has 1 aliphatic heterocycles. The van der Waals surface area contributed by atoms with Gasteiger partial charge in [0.15, 0.2) is 5.13 Å². The van der Waals surface area contributed by atoms with Crippen LogP contribution in [0.4, 0.5) is 18.3 Å². The zero-order valence-electron chi connectivity index (χ0n) is 13.5. The molecule has 3 rings (SSSR count). The molecule has 2 aromatic rings. The number of nitrogens with zero attached hydrogens (tertiary/aromatic N) is 3. The summed E-state index contributed by atoms with van der Waals surface area (Å²) in [6.45, 7) is 2.33. The van der Waals surface area contributed by atoms with Gasteiger partial charge >= 0.3 is 6.18 Å². The molecule has 26 heavy (non-hydrogen) atoms. The van der Waals surface area contributed by atoms with Crippen LogP contribution in [0.3, 0.4) is 0 Å². The van der Waals surface area contributed by atoms with Gasteiger partial charge < -0.3 is 9.80 Å². The summed E-state index contributed by atoms with van der Waals surface area (Å²) in [7, 11) is 0. The standard InChI is InChI=1S/C17H14F3N3OS.ClH/c18-17(19,20)14-3-1-2-13(12-14)4-5-15(24)22-7-9-23(10-8-22)16-21-6-11-25-16;/h1-3,6,11-12H,7-10H2;1H. The Morgan fingerprint density at radius 1 is 1.19 bits per heavy atom. The fourth-order valence-electron chi connectivity index (χ4n) is 2.45. The molecule has 2 heterocycles. The maximum atomic E-state index is 12.7. The van der Waals surface area contributed by atoms with Gasteiger partial charge in [0, 0.05) is 49.2 Å². The molecule has 1 aromatic heterocycles. The Labute approximate surface area is 159 Å². The van der Waals surface area contributed by atoms with Crippen LogP contribution in [-0.2, 0) is 11.0 Å². The molecule has 0 bridgehead atoms. The monoisotopic (exact) mass is 401 g/mol. The van der Waals surface area contributed by atoms with Crippen molar-refractivity contribution in [3.8, 4) is 11.8 Å². The van der Waals surface area contributed by atoms with Crippen molar-refractivity contribution in [3.63, 3.8) is 0 Å². The number of halogens is 4. The molecule has 0 N–H and O–H groups in total. The second-order valence-electron chi connectivity index (χ2n) is 5.42. The van der Waals surface area contributed by atoms with E-state index in [2.05, 4.69) is 21.7 Å². The number of rotatable bonds is 1. The van der Waals surface area contributed by atoms with Crippen LogP contribution in [0.1, 0.15) is 11.1 Å². The van der Waals surface area contributed by atoms with Crippen LogP contribution in [0.15, 0.2) is 35.8 Å². The van der Waals surface area contributed by atoms with E-state index in [1.54, 1.807) is 22.4 Å². The lowest BCUT2D eigenvalue weighted by Crippen LogP contribution is -2.48. The van der Waals surface area contributed by atoms with Gasteiger partial charge in [-0.1, -0.05) is 12.0 Å². The molecular formula is C17H15ClF3N3OS. The summed E-state index contributed by atoms with van der Waals surface area (Å²) in [5.41, 5.74) is -0.603. The lowest BCUT2D eigenvalue weighted by atomic mass is 10.1. The third-order valence-corrected chi connectivity index (χ3v) is 4.59. The molecule has 0 atom stereocenters. The Morgan fingerprint density at radius 2 is 1.92 bits per heavy atom. The summed E-state index contributed by atoms with van der Waals surface area (Å²) in [5, 5.41) is 2.81. The minimum absolute atomic E-state index is 0. The zero-order valence-corrected chi connectivity index (χ0v) is 15.1. The van der Waals surface area contributed by atoms with Gasteiger partial charge in [-0.15, -0.1) is 23.7 Å². The van der Waals surface area contributed by atoms with Crippen molar-refractivity contribution in [2.24, 2.45) is 0 Å². The highest BCUT2D eigenvalue weighted by Crippen LogP contribution is 2.29. The highest BCUT2D eigenvalue weighted by atomic mass is 35.5. The van der Waals surface area contributed by atoms with E-state index in [1.165, 1.54) is 12.1 Å². The normalized spacial score (nSPS) is 14.3. The van der Waals surface area contributed by atoms with E-state index >= 15 is 0 Å². The molecule has 9 heteroatoms. The maximum absolute atomic E-state index is 12.7. The zero-order chi connectivity index (χ0) is 17.9. The molecule has 1 aromatic carbocycles. The Bertz CT molecular complexity index is 807. The number of amides is 1. The van der Waals surface area contributed by atoms with Crippen molar-refractivity contribution in [3.05, 3.63) is 47.0 Å². The minimum Gasteiger partial charge on any atom is -0.345 e. The largest absolute Gasteiger partial charge is 0.416 e. The van der Waals surface area contributed by atoms with Crippen molar-refractivity contribution in [2.45, 2.75) is 6.18 Å². The van der Waals surface area contributed by atoms with Crippen molar-refractivity contribution >= 4 is 34.8 Å². The van der Waals surface area contributed by atoms with Gasteiger partial charge in [-0.2, -0.15) is 13.2 Å². The van der Waals surface area contributed by atoms with Gasteiger partial charge in [-0.25, -0.2) is 4.98 Å². The number of anilines is 1. The first kappa shape index (κ1) is 20.1. The summed E-state index contributed by atoms with van der Waals surface area (Å²) >= 11 is 1.54. The Morgan fingerprint density at radius 3 is 2.54 bits per heavy atom. The van der Waals surface area contributed by atoms with Crippen LogP contribution in [0.5, 0.6) is 0 Å². The van der Waals surface area contributed by atoms with E-state index in [0.717, 1.165) is 17.3 Å². The number of benzene rings is 1. The van der Waals surface area contributed by atoms with Crippen molar-refractivity contribution in [1.82, 2.24) is 9.88 Å². The van der Waals surface area contributed by atoms with E-state index in [-0.39, 0.29) is 23.9 Å². The van der Waals surface area contributed by atoms with Crippen LogP contribution in [0, 0.1) is 11.8 Å². The fourth-order valence-corrected chi connectivity index (χ4v) is 3.15. The van der Waals surface area contributed by atoms with Gasteiger partial charge in [0.2, 0.25) is 0 Å². The number of aromatic nitrogens is 1. The van der Waals surface area contributed by atoms with E-state index in [0.29, 0.717) is 26.2 Å². The van der Waals surface area contributed by atoms with Crippen molar-refractivity contribution < 1.29 is 18.0 Å². The average Bonchev–Trinajstić information content (AvgIpc) is 3.14. The molecule has 1 saturated heterocycles. The smallest absolute Gasteiger partial charge is 0.345 e. The Hall–Kier alpha value is -2.24. The van der Waals surface area contributed by atoms with Gasteiger partial charge in [0.25, 0.3) is 5.91 Å². The molecule has 1 aliphatic rings. The highest BCUT2D eigenvalue weighted by molar-refractivity contribution is 7.13. The fraction of sp³-hybridized carbons (Fsp3) is 0.294. The third kappa shape index (κ3) is 4.90. The van der Waals surface area contributed by atoms with Crippen LogP contribution in [0.25, 0.3) is 0 Å². The summed E-state index contributed by atoms with van der Waals surface area (Å²) in [6.07, 6.45) is -2.69. The van der Waals surface area contributed by atoms with Gasteiger partial charge in [0.05, 0.1) is 5.56 Å². The van der Waals surface area contributed by atoms with Crippen LogP contribution in [-0.4, -0.2) is 42.0 Å². The number of hydrogen-bond acceptors (Lipinski definition) is 4. The lowest BCUT2D eigenvalue weighted by Gasteiger charge is -2.33. The molecule has 0 spiro atoms. The predicted octanol–water partition coefficient (Wildman–Crippen LogP) is 3.28. The second kappa shape index (κ2) is 8.43. The first-order valence-corrected chi connectivity index (χ1v) is 8.44. The average molecular weight is 402 g/mol.